The molecule has 4 atom stereocenters. The zero-order chi connectivity index (χ0) is 10.8. The Kier molecular flexibility index (Phi) is 2.77. The van der Waals surface area contributed by atoms with Crippen LogP contribution in [0.15, 0.2) is 10.1 Å². The second-order valence-corrected chi connectivity index (χ2v) is 3.60. The van der Waals surface area contributed by atoms with E-state index in [9.17, 15) is 5.11 Å². The normalized spacial score (nSPS) is 38.7. The van der Waals surface area contributed by atoms with Crippen molar-refractivity contribution in [1.82, 2.24) is 0 Å². The molecule has 82 valence electrons. The summed E-state index contributed by atoms with van der Waals surface area (Å²) in [4.78, 5) is 6.77. The van der Waals surface area contributed by atoms with Crippen LogP contribution in [-0.2, 0) is 9.47 Å². The topological polar surface area (TPSA) is 99.8 Å². The average Bonchev–Trinajstić information content (AvgIpc) is 2.56. The van der Waals surface area contributed by atoms with E-state index in [4.69, 9.17) is 15.0 Å². The minimum Gasteiger partial charge on any atom is -0.450 e. The summed E-state index contributed by atoms with van der Waals surface area (Å²) in [6, 6.07) is -0.340. The van der Waals surface area contributed by atoms with Crippen LogP contribution in [0.2, 0.25) is 0 Å². The van der Waals surface area contributed by atoms with Gasteiger partial charge in [-0.15, -0.1) is 0 Å². The van der Waals surface area contributed by atoms with Crippen LogP contribution in [0.3, 0.4) is 0 Å². The Balaban J connectivity index is 2.00. The van der Waals surface area contributed by atoms with Crippen LogP contribution in [0.4, 0.5) is 0 Å². The van der Waals surface area contributed by atoms with Gasteiger partial charge >= 0.3 is 0 Å². The van der Waals surface area contributed by atoms with Crippen molar-refractivity contribution in [3.8, 4) is 0 Å². The van der Waals surface area contributed by atoms with E-state index in [-0.39, 0.29) is 18.7 Å². The first-order chi connectivity index (χ1) is 7.20. The Morgan fingerprint density at radius 1 is 1.73 bits per heavy atom. The summed E-state index contributed by atoms with van der Waals surface area (Å²) < 4.78 is 10.8. The van der Waals surface area contributed by atoms with Crippen molar-refractivity contribution in [2.45, 2.75) is 37.9 Å². The summed E-state index contributed by atoms with van der Waals surface area (Å²) in [6.45, 7) is 1.93. The molecule has 0 saturated carbocycles. The number of aliphatic hydroxyl groups is 1. The molecule has 7 heteroatoms. The van der Waals surface area contributed by atoms with Crippen molar-refractivity contribution in [3.05, 3.63) is 10.4 Å². The van der Waals surface area contributed by atoms with E-state index in [0.717, 1.165) is 0 Å². The van der Waals surface area contributed by atoms with Crippen LogP contribution in [0.1, 0.15) is 13.3 Å². The van der Waals surface area contributed by atoms with Crippen LogP contribution in [0, 0.1) is 0 Å². The third-order valence-electron chi connectivity index (χ3n) is 2.47. The largest absolute Gasteiger partial charge is 0.450 e. The van der Waals surface area contributed by atoms with Crippen LogP contribution < -0.4 is 0 Å². The predicted molar refractivity (Wildman–Crippen MR) is 51.3 cm³/mol. The Hall–Kier alpha value is -1.30. The van der Waals surface area contributed by atoms with E-state index >= 15 is 0 Å². The lowest BCUT2D eigenvalue weighted by Gasteiger charge is -2.32. The van der Waals surface area contributed by atoms with E-state index in [0.29, 0.717) is 12.3 Å². The quantitative estimate of drug-likeness (QED) is 0.411. The molecule has 7 nitrogen and oxygen atoms in total. The Morgan fingerprint density at radius 3 is 3.27 bits per heavy atom. The first-order valence-corrected chi connectivity index (χ1v) is 4.76. The van der Waals surface area contributed by atoms with Crippen LogP contribution >= 0.6 is 0 Å². The van der Waals surface area contributed by atoms with Gasteiger partial charge in [0.15, 0.2) is 5.90 Å². The molecule has 1 N–H and O–H groups in total. The van der Waals surface area contributed by atoms with Crippen LogP contribution in [-0.4, -0.2) is 42.1 Å². The molecule has 1 fully saturated rings. The number of hydrogen-bond donors (Lipinski definition) is 1. The van der Waals surface area contributed by atoms with Crippen molar-refractivity contribution >= 4 is 5.90 Å². The van der Waals surface area contributed by atoms with E-state index in [1.54, 1.807) is 6.92 Å². The van der Waals surface area contributed by atoms with E-state index in [2.05, 4.69) is 15.0 Å². The van der Waals surface area contributed by atoms with Gasteiger partial charge in [-0.3, -0.25) is 0 Å². The van der Waals surface area contributed by atoms with E-state index in [1.807, 2.05) is 0 Å². The molecule has 2 aliphatic rings. The second kappa shape index (κ2) is 4.06. The fraction of sp³-hybridized carbons (Fsp3) is 0.875. The van der Waals surface area contributed by atoms with E-state index < -0.39 is 12.4 Å². The number of nitrogens with zero attached hydrogens (tertiary/aromatic N) is 4. The molecule has 0 bridgehead atoms. The number of ether oxygens (including phenoxy) is 2. The summed E-state index contributed by atoms with van der Waals surface area (Å²) in [6.07, 6.45) is -1.01. The maximum atomic E-state index is 9.77. The molecule has 0 spiro atoms. The molecule has 2 aliphatic heterocycles. The molecular formula is C8H12N4O3. The zero-order valence-electron chi connectivity index (χ0n) is 8.28. The highest BCUT2D eigenvalue weighted by Gasteiger charge is 2.42. The second-order valence-electron chi connectivity index (χ2n) is 3.60. The molecule has 0 aromatic carbocycles. The molecule has 0 aromatic heterocycles. The summed E-state index contributed by atoms with van der Waals surface area (Å²) in [5, 5.41) is 13.2. The molecule has 0 radical (unpaired) electrons. The lowest BCUT2D eigenvalue weighted by atomic mass is 10.0. The van der Waals surface area contributed by atoms with Crippen LogP contribution in [0.25, 0.3) is 10.4 Å². The van der Waals surface area contributed by atoms with Gasteiger partial charge in [-0.05, 0) is 5.53 Å². The third-order valence-corrected chi connectivity index (χ3v) is 2.47. The SMILES string of the molecule is CC1=NC2C(O)CC(CN=[N+]=[N-])OC2O1. The Morgan fingerprint density at radius 2 is 2.53 bits per heavy atom. The predicted octanol–water partition coefficient (Wildman–Crippen LogP) is 0.590. The molecule has 0 aromatic rings. The smallest absolute Gasteiger partial charge is 0.226 e. The summed E-state index contributed by atoms with van der Waals surface area (Å²) >= 11 is 0. The summed E-state index contributed by atoms with van der Waals surface area (Å²) in [5.41, 5.74) is 8.18. The fourth-order valence-corrected chi connectivity index (χ4v) is 1.81. The summed E-state index contributed by atoms with van der Waals surface area (Å²) in [7, 11) is 0. The number of fused-ring (bicyclic) bond motifs is 1. The van der Waals surface area contributed by atoms with Crippen molar-refractivity contribution in [1.29, 1.82) is 0 Å². The Labute approximate surface area is 86.3 Å². The molecule has 4 unspecified atom stereocenters. The lowest BCUT2D eigenvalue weighted by Crippen LogP contribution is -2.46. The third kappa shape index (κ3) is 2.04. The zero-order valence-corrected chi connectivity index (χ0v) is 8.28. The fourth-order valence-electron chi connectivity index (χ4n) is 1.81. The van der Waals surface area contributed by atoms with Crippen molar-refractivity contribution in [2.24, 2.45) is 10.1 Å². The highest BCUT2D eigenvalue weighted by atomic mass is 16.7. The number of aliphatic imine (C=N–C) groups is 1. The van der Waals surface area contributed by atoms with Gasteiger partial charge in [-0.25, -0.2) is 4.99 Å². The maximum Gasteiger partial charge on any atom is 0.226 e. The highest BCUT2D eigenvalue weighted by molar-refractivity contribution is 5.75. The molecule has 15 heavy (non-hydrogen) atoms. The van der Waals surface area contributed by atoms with Crippen molar-refractivity contribution < 1.29 is 14.6 Å². The van der Waals surface area contributed by atoms with Gasteiger partial charge < -0.3 is 14.6 Å². The molecule has 2 heterocycles. The maximum absolute atomic E-state index is 9.77. The molecule has 0 amide bonds. The minimum absolute atomic E-state index is 0.208. The first kappa shape index (κ1) is 10.2. The van der Waals surface area contributed by atoms with Crippen molar-refractivity contribution in [2.75, 3.05) is 6.54 Å². The summed E-state index contributed by atoms with van der Waals surface area (Å²) in [5.74, 6) is 0.522. The number of aliphatic hydroxyl groups excluding tert-OH is 1. The number of azide groups is 1. The number of rotatable bonds is 2. The van der Waals surface area contributed by atoms with Gasteiger partial charge in [-0.2, -0.15) is 0 Å². The lowest BCUT2D eigenvalue weighted by molar-refractivity contribution is -0.177. The highest BCUT2D eigenvalue weighted by Crippen LogP contribution is 2.28. The molecular weight excluding hydrogens is 200 g/mol. The molecule has 0 aliphatic carbocycles. The van der Waals surface area contributed by atoms with Gasteiger partial charge in [0, 0.05) is 18.3 Å². The van der Waals surface area contributed by atoms with Gasteiger partial charge in [0.05, 0.1) is 18.8 Å². The van der Waals surface area contributed by atoms with Gasteiger partial charge in [0.2, 0.25) is 6.29 Å². The molecule has 1 saturated heterocycles. The van der Waals surface area contributed by atoms with Gasteiger partial charge in [0.25, 0.3) is 0 Å². The minimum atomic E-state index is -0.597. The van der Waals surface area contributed by atoms with Gasteiger partial charge in [-0.1, -0.05) is 5.11 Å². The van der Waals surface area contributed by atoms with Gasteiger partial charge in [0.1, 0.15) is 6.04 Å². The average molecular weight is 212 g/mol. The standard InChI is InChI=1S/C8H12N4O3/c1-4-11-7-6(13)2-5(3-10-12-9)15-8(7)14-4/h5-8,13H,2-3H2,1H3. The van der Waals surface area contributed by atoms with Crippen LogP contribution in [0.5, 0.6) is 0 Å². The first-order valence-electron chi connectivity index (χ1n) is 4.76. The van der Waals surface area contributed by atoms with E-state index in [1.165, 1.54) is 0 Å². The monoisotopic (exact) mass is 212 g/mol. The Bertz CT molecular complexity index is 326. The number of hydrogen-bond acceptors (Lipinski definition) is 5. The molecule has 2 rings (SSSR count). The van der Waals surface area contributed by atoms with Crippen molar-refractivity contribution in [3.63, 3.8) is 0 Å².